The van der Waals surface area contributed by atoms with Crippen molar-refractivity contribution in [2.75, 3.05) is 5.32 Å². The van der Waals surface area contributed by atoms with Gasteiger partial charge in [-0.15, -0.1) is 11.3 Å². The Labute approximate surface area is 149 Å². The van der Waals surface area contributed by atoms with Gasteiger partial charge in [-0.2, -0.15) is 13.2 Å². The number of aromatic nitrogens is 2. The number of nitrogens with zero attached hydrogens (tertiary/aromatic N) is 2. The Bertz CT molecular complexity index is 912. The summed E-state index contributed by atoms with van der Waals surface area (Å²) < 4.78 is 39.8. The first kappa shape index (κ1) is 17.4. The molecule has 9 heteroatoms. The number of carbonyl (C=O) groups excluding carboxylic acids is 1. The lowest BCUT2D eigenvalue weighted by Crippen LogP contribution is -2.17. The van der Waals surface area contributed by atoms with E-state index in [0.29, 0.717) is 16.9 Å². The highest BCUT2D eigenvalue weighted by molar-refractivity contribution is 7.17. The number of hydrogen-bond acceptors (Lipinski definition) is 4. The molecule has 0 bridgehead atoms. The van der Waals surface area contributed by atoms with Gasteiger partial charge in [-0.1, -0.05) is 41.9 Å². The van der Waals surface area contributed by atoms with Gasteiger partial charge in [-0.05, 0) is 12.1 Å². The predicted molar refractivity (Wildman–Crippen MR) is 89.8 cm³/mol. The van der Waals surface area contributed by atoms with Crippen LogP contribution in [-0.4, -0.2) is 15.9 Å². The van der Waals surface area contributed by atoms with E-state index in [1.807, 2.05) is 0 Å². The standard InChI is InChI=1S/C16H9ClF3N3OS/c17-13-10(7-4-8-21-13)22-14(24)11-12(16(18,19)20)23-15(25-11)9-5-2-1-3-6-9/h1-8H,(H,22,24). The highest BCUT2D eigenvalue weighted by Gasteiger charge is 2.39. The summed E-state index contributed by atoms with van der Waals surface area (Å²) >= 11 is 6.49. The topological polar surface area (TPSA) is 54.9 Å². The molecule has 2 aromatic heterocycles. The monoisotopic (exact) mass is 383 g/mol. The number of benzene rings is 1. The van der Waals surface area contributed by atoms with E-state index >= 15 is 0 Å². The van der Waals surface area contributed by atoms with Gasteiger partial charge >= 0.3 is 6.18 Å². The molecule has 0 aliphatic rings. The lowest BCUT2D eigenvalue weighted by atomic mass is 10.2. The number of amides is 1. The number of carbonyl (C=O) groups is 1. The maximum Gasteiger partial charge on any atom is 0.435 e. The third-order valence-electron chi connectivity index (χ3n) is 3.13. The van der Waals surface area contributed by atoms with Gasteiger partial charge in [0.2, 0.25) is 0 Å². The van der Waals surface area contributed by atoms with E-state index in [2.05, 4.69) is 15.3 Å². The normalized spacial score (nSPS) is 11.4. The molecule has 0 unspecified atom stereocenters. The van der Waals surface area contributed by atoms with Crippen molar-refractivity contribution in [3.8, 4) is 10.6 Å². The molecular formula is C16H9ClF3N3OS. The van der Waals surface area contributed by atoms with Gasteiger partial charge in [-0.3, -0.25) is 4.79 Å². The Hall–Kier alpha value is -2.45. The summed E-state index contributed by atoms with van der Waals surface area (Å²) in [7, 11) is 0. The van der Waals surface area contributed by atoms with Crippen LogP contribution in [0.4, 0.5) is 18.9 Å². The van der Waals surface area contributed by atoms with E-state index in [0.717, 1.165) is 0 Å². The molecule has 3 aromatic rings. The lowest BCUT2D eigenvalue weighted by Gasteiger charge is -2.07. The van der Waals surface area contributed by atoms with Crippen LogP contribution in [-0.2, 0) is 6.18 Å². The first-order valence-electron chi connectivity index (χ1n) is 6.91. The molecule has 3 rings (SSSR count). The maximum atomic E-state index is 13.3. The third kappa shape index (κ3) is 3.80. The van der Waals surface area contributed by atoms with Crippen LogP contribution in [0, 0.1) is 0 Å². The highest BCUT2D eigenvalue weighted by Crippen LogP contribution is 2.38. The summed E-state index contributed by atoms with van der Waals surface area (Å²) in [5, 5.41) is 2.43. The average Bonchev–Trinajstić information content (AvgIpc) is 3.04. The quantitative estimate of drug-likeness (QED) is 0.638. The second kappa shape index (κ2) is 6.81. The molecule has 0 aliphatic carbocycles. The Morgan fingerprint density at radius 3 is 2.48 bits per heavy atom. The number of thiazole rings is 1. The second-order valence-corrected chi connectivity index (χ2v) is 6.21. The molecule has 0 atom stereocenters. The SMILES string of the molecule is O=C(Nc1cccnc1Cl)c1sc(-c2ccccc2)nc1C(F)(F)F. The fourth-order valence-electron chi connectivity index (χ4n) is 2.03. The van der Waals surface area contributed by atoms with Crippen molar-refractivity contribution in [1.82, 2.24) is 9.97 Å². The van der Waals surface area contributed by atoms with E-state index in [1.54, 1.807) is 30.3 Å². The zero-order valence-electron chi connectivity index (χ0n) is 12.3. The molecule has 0 spiro atoms. The highest BCUT2D eigenvalue weighted by atomic mass is 35.5. The Morgan fingerprint density at radius 1 is 1.12 bits per heavy atom. The number of pyridine rings is 1. The Morgan fingerprint density at radius 2 is 1.84 bits per heavy atom. The van der Waals surface area contributed by atoms with E-state index in [1.165, 1.54) is 18.3 Å². The van der Waals surface area contributed by atoms with Crippen LogP contribution in [0.25, 0.3) is 10.6 Å². The van der Waals surface area contributed by atoms with Gasteiger partial charge in [0.05, 0.1) is 5.69 Å². The van der Waals surface area contributed by atoms with Crippen molar-refractivity contribution in [3.05, 3.63) is 64.4 Å². The zero-order chi connectivity index (χ0) is 18.0. The van der Waals surface area contributed by atoms with Crippen LogP contribution < -0.4 is 5.32 Å². The molecule has 4 nitrogen and oxygen atoms in total. The summed E-state index contributed by atoms with van der Waals surface area (Å²) in [5.74, 6) is -0.943. The van der Waals surface area contributed by atoms with E-state index in [4.69, 9.17) is 11.6 Å². The minimum absolute atomic E-state index is 0.0165. The molecule has 0 saturated heterocycles. The van der Waals surface area contributed by atoms with Crippen LogP contribution in [0.5, 0.6) is 0 Å². The smallest absolute Gasteiger partial charge is 0.319 e. The van der Waals surface area contributed by atoms with Crippen molar-refractivity contribution in [1.29, 1.82) is 0 Å². The summed E-state index contributed by atoms with van der Waals surface area (Å²) in [6, 6.07) is 11.3. The van der Waals surface area contributed by atoms with Crippen molar-refractivity contribution < 1.29 is 18.0 Å². The average molecular weight is 384 g/mol. The number of hydrogen-bond donors (Lipinski definition) is 1. The zero-order valence-corrected chi connectivity index (χ0v) is 13.9. The molecule has 0 aliphatic heterocycles. The number of nitrogens with one attached hydrogen (secondary N) is 1. The number of anilines is 1. The first-order valence-corrected chi connectivity index (χ1v) is 8.11. The molecular weight excluding hydrogens is 375 g/mol. The molecule has 1 aromatic carbocycles. The van der Waals surface area contributed by atoms with E-state index in [9.17, 15) is 18.0 Å². The molecule has 0 saturated carbocycles. The molecule has 0 radical (unpaired) electrons. The molecule has 1 N–H and O–H groups in total. The minimum atomic E-state index is -4.76. The van der Waals surface area contributed by atoms with Gasteiger partial charge < -0.3 is 5.32 Å². The summed E-state index contributed by atoms with van der Waals surface area (Å²) in [4.78, 5) is 19.2. The molecule has 1 amide bonds. The first-order chi connectivity index (χ1) is 11.9. The fourth-order valence-corrected chi connectivity index (χ4v) is 3.18. The third-order valence-corrected chi connectivity index (χ3v) is 4.53. The fraction of sp³-hybridized carbons (Fsp3) is 0.0625. The maximum absolute atomic E-state index is 13.3. The van der Waals surface area contributed by atoms with Crippen molar-refractivity contribution in [2.24, 2.45) is 0 Å². The van der Waals surface area contributed by atoms with Crippen LogP contribution in [0.1, 0.15) is 15.4 Å². The van der Waals surface area contributed by atoms with Gasteiger partial charge in [0.1, 0.15) is 9.88 Å². The minimum Gasteiger partial charge on any atom is -0.319 e. The van der Waals surface area contributed by atoms with Crippen molar-refractivity contribution in [2.45, 2.75) is 6.18 Å². The van der Waals surface area contributed by atoms with Gasteiger partial charge in [0, 0.05) is 11.8 Å². The van der Waals surface area contributed by atoms with Crippen molar-refractivity contribution >= 4 is 34.5 Å². The van der Waals surface area contributed by atoms with E-state index in [-0.39, 0.29) is 15.8 Å². The van der Waals surface area contributed by atoms with Crippen LogP contribution >= 0.6 is 22.9 Å². The van der Waals surface area contributed by atoms with Crippen LogP contribution in [0.2, 0.25) is 5.15 Å². The van der Waals surface area contributed by atoms with Gasteiger partial charge in [0.25, 0.3) is 5.91 Å². The molecule has 0 fully saturated rings. The number of alkyl halides is 3. The summed E-state index contributed by atoms with van der Waals surface area (Å²) in [6.45, 7) is 0. The Balaban J connectivity index is 2.01. The largest absolute Gasteiger partial charge is 0.435 e. The van der Waals surface area contributed by atoms with Gasteiger partial charge in [-0.25, -0.2) is 9.97 Å². The lowest BCUT2D eigenvalue weighted by molar-refractivity contribution is -0.140. The summed E-state index contributed by atoms with van der Waals surface area (Å²) in [5.41, 5.74) is -0.609. The van der Waals surface area contributed by atoms with Gasteiger partial charge in [0.15, 0.2) is 10.8 Å². The summed E-state index contributed by atoms with van der Waals surface area (Å²) in [6.07, 6.45) is -3.35. The number of halogens is 4. The van der Waals surface area contributed by atoms with Crippen LogP contribution in [0.3, 0.4) is 0 Å². The van der Waals surface area contributed by atoms with Crippen LogP contribution in [0.15, 0.2) is 48.7 Å². The Kier molecular flexibility index (Phi) is 4.73. The number of rotatable bonds is 3. The van der Waals surface area contributed by atoms with Crippen molar-refractivity contribution in [3.63, 3.8) is 0 Å². The second-order valence-electron chi connectivity index (χ2n) is 4.86. The predicted octanol–water partition coefficient (Wildman–Crippen LogP) is 5.13. The molecule has 2 heterocycles. The van der Waals surface area contributed by atoms with E-state index < -0.39 is 22.7 Å². The molecule has 128 valence electrons. The molecule has 25 heavy (non-hydrogen) atoms.